The zero-order valence-electron chi connectivity index (χ0n) is 13.1. The Hall–Kier alpha value is -0.120. The molecular formula is C16H31NO2. The van der Waals surface area contributed by atoms with Gasteiger partial charge in [-0.15, -0.1) is 0 Å². The summed E-state index contributed by atoms with van der Waals surface area (Å²) in [6.45, 7) is 12.9. The van der Waals surface area contributed by atoms with Crippen LogP contribution in [0.25, 0.3) is 0 Å². The van der Waals surface area contributed by atoms with E-state index >= 15 is 0 Å². The first-order valence-electron chi connectivity index (χ1n) is 8.03. The minimum atomic E-state index is 0.0350. The predicted molar refractivity (Wildman–Crippen MR) is 78.3 cm³/mol. The second-order valence-electron chi connectivity index (χ2n) is 6.77. The quantitative estimate of drug-likeness (QED) is 0.832. The summed E-state index contributed by atoms with van der Waals surface area (Å²) in [5.74, 6) is 2.16. The topological polar surface area (TPSA) is 30.5 Å². The Balaban J connectivity index is 2.03. The Labute approximate surface area is 118 Å². The van der Waals surface area contributed by atoms with Crippen LogP contribution in [0.15, 0.2) is 0 Å². The van der Waals surface area contributed by atoms with Gasteiger partial charge < -0.3 is 14.8 Å². The van der Waals surface area contributed by atoms with E-state index in [0.29, 0.717) is 12.0 Å². The van der Waals surface area contributed by atoms with Gasteiger partial charge in [-0.05, 0) is 37.1 Å². The summed E-state index contributed by atoms with van der Waals surface area (Å²) >= 11 is 0. The van der Waals surface area contributed by atoms with Gasteiger partial charge in [-0.3, -0.25) is 0 Å². The maximum absolute atomic E-state index is 6.07. The highest BCUT2D eigenvalue weighted by Gasteiger charge is 2.43. The largest absolute Gasteiger partial charge is 0.378 e. The molecule has 0 aromatic heterocycles. The summed E-state index contributed by atoms with van der Waals surface area (Å²) in [7, 11) is 0. The smallest absolute Gasteiger partial charge is 0.0939 e. The molecule has 0 aromatic carbocycles. The first kappa shape index (κ1) is 15.3. The molecule has 2 heterocycles. The van der Waals surface area contributed by atoms with Crippen molar-refractivity contribution >= 4 is 0 Å². The summed E-state index contributed by atoms with van der Waals surface area (Å²) in [5.41, 5.74) is 0.0350. The second-order valence-corrected chi connectivity index (χ2v) is 6.77. The summed E-state index contributed by atoms with van der Waals surface area (Å²) < 4.78 is 11.7. The van der Waals surface area contributed by atoms with E-state index in [1.54, 1.807) is 0 Å². The molecule has 3 nitrogen and oxygen atoms in total. The van der Waals surface area contributed by atoms with Crippen LogP contribution in [0.5, 0.6) is 0 Å². The van der Waals surface area contributed by atoms with Crippen LogP contribution in [-0.2, 0) is 9.47 Å². The van der Waals surface area contributed by atoms with E-state index in [0.717, 1.165) is 44.6 Å². The molecule has 3 heteroatoms. The van der Waals surface area contributed by atoms with Crippen molar-refractivity contribution in [1.82, 2.24) is 5.32 Å². The van der Waals surface area contributed by atoms with E-state index in [1.165, 1.54) is 12.8 Å². The average Bonchev–Trinajstić information content (AvgIpc) is 2.83. The van der Waals surface area contributed by atoms with Crippen LogP contribution in [0.3, 0.4) is 0 Å². The van der Waals surface area contributed by atoms with E-state index in [9.17, 15) is 0 Å². The van der Waals surface area contributed by atoms with Gasteiger partial charge in [-0.25, -0.2) is 0 Å². The Kier molecular flexibility index (Phi) is 5.27. The summed E-state index contributed by atoms with van der Waals surface area (Å²) in [5, 5.41) is 3.74. The van der Waals surface area contributed by atoms with Gasteiger partial charge in [0.1, 0.15) is 0 Å². The minimum absolute atomic E-state index is 0.0350. The lowest BCUT2D eigenvalue weighted by Crippen LogP contribution is -2.50. The first-order valence-corrected chi connectivity index (χ1v) is 8.03. The molecule has 2 fully saturated rings. The highest BCUT2D eigenvalue weighted by Crippen LogP contribution is 2.39. The molecule has 0 saturated carbocycles. The van der Waals surface area contributed by atoms with Gasteiger partial charge >= 0.3 is 0 Å². The second kappa shape index (κ2) is 6.55. The van der Waals surface area contributed by atoms with Crippen molar-refractivity contribution in [3.05, 3.63) is 0 Å². The van der Waals surface area contributed by atoms with Gasteiger partial charge in [0.25, 0.3) is 0 Å². The fourth-order valence-electron chi connectivity index (χ4n) is 3.67. The third-order valence-electron chi connectivity index (χ3n) is 5.16. The van der Waals surface area contributed by atoms with Crippen LogP contribution in [0, 0.1) is 17.8 Å². The third-order valence-corrected chi connectivity index (χ3v) is 5.16. The molecule has 4 unspecified atom stereocenters. The van der Waals surface area contributed by atoms with E-state index < -0.39 is 0 Å². The number of rotatable bonds is 5. The molecule has 0 radical (unpaired) electrons. The molecule has 4 atom stereocenters. The average molecular weight is 269 g/mol. The van der Waals surface area contributed by atoms with Crippen LogP contribution in [-0.4, -0.2) is 38.0 Å². The molecule has 112 valence electrons. The zero-order chi connectivity index (χ0) is 13.9. The Morgan fingerprint density at radius 3 is 2.63 bits per heavy atom. The van der Waals surface area contributed by atoms with Crippen molar-refractivity contribution < 1.29 is 9.47 Å². The van der Waals surface area contributed by atoms with Crippen molar-refractivity contribution in [2.24, 2.45) is 17.8 Å². The van der Waals surface area contributed by atoms with Crippen LogP contribution >= 0.6 is 0 Å². The van der Waals surface area contributed by atoms with Crippen LogP contribution in [0.4, 0.5) is 0 Å². The van der Waals surface area contributed by atoms with Crippen molar-refractivity contribution in [1.29, 1.82) is 0 Å². The summed E-state index contributed by atoms with van der Waals surface area (Å²) in [6, 6.07) is 0.617. The molecule has 2 rings (SSSR count). The van der Waals surface area contributed by atoms with Crippen molar-refractivity contribution in [3.8, 4) is 0 Å². The lowest BCUT2D eigenvalue weighted by Gasteiger charge is -2.43. The third kappa shape index (κ3) is 3.50. The van der Waals surface area contributed by atoms with E-state index in [1.807, 2.05) is 0 Å². The zero-order valence-corrected chi connectivity index (χ0v) is 13.1. The van der Waals surface area contributed by atoms with Gasteiger partial charge in [-0.1, -0.05) is 27.7 Å². The molecule has 1 N–H and O–H groups in total. The Morgan fingerprint density at radius 2 is 2.05 bits per heavy atom. The molecule has 1 spiro atoms. The van der Waals surface area contributed by atoms with E-state index in [2.05, 4.69) is 33.0 Å². The van der Waals surface area contributed by atoms with Crippen molar-refractivity contribution in [2.75, 3.05) is 26.4 Å². The summed E-state index contributed by atoms with van der Waals surface area (Å²) in [6.07, 6.45) is 3.44. The van der Waals surface area contributed by atoms with Crippen LogP contribution in [0.1, 0.15) is 47.0 Å². The lowest BCUT2D eigenvalue weighted by atomic mass is 9.74. The summed E-state index contributed by atoms with van der Waals surface area (Å²) in [4.78, 5) is 0. The Morgan fingerprint density at radius 1 is 1.26 bits per heavy atom. The molecule has 0 aliphatic carbocycles. The normalized spacial score (nSPS) is 34.9. The molecule has 2 aliphatic heterocycles. The highest BCUT2D eigenvalue weighted by molar-refractivity contribution is 4.95. The van der Waals surface area contributed by atoms with Crippen LogP contribution in [0.2, 0.25) is 0 Å². The maximum atomic E-state index is 6.07. The minimum Gasteiger partial charge on any atom is -0.378 e. The first-order chi connectivity index (χ1) is 9.08. The SMILES string of the molecule is CCNC(C1CCOC2(CCOC2)C1)C(C)C(C)C. The van der Waals surface area contributed by atoms with E-state index in [4.69, 9.17) is 9.47 Å². The van der Waals surface area contributed by atoms with Crippen molar-refractivity contribution in [3.63, 3.8) is 0 Å². The number of hydrogen-bond acceptors (Lipinski definition) is 3. The molecule has 2 saturated heterocycles. The Bertz CT molecular complexity index is 274. The molecule has 2 aliphatic rings. The fraction of sp³-hybridized carbons (Fsp3) is 1.00. The predicted octanol–water partition coefficient (Wildman–Crippen LogP) is 2.84. The lowest BCUT2D eigenvalue weighted by molar-refractivity contribution is -0.106. The number of ether oxygens (including phenoxy) is 2. The van der Waals surface area contributed by atoms with Crippen LogP contribution < -0.4 is 5.32 Å². The molecular weight excluding hydrogens is 238 g/mol. The number of hydrogen-bond donors (Lipinski definition) is 1. The van der Waals surface area contributed by atoms with E-state index in [-0.39, 0.29) is 5.60 Å². The van der Waals surface area contributed by atoms with Gasteiger partial charge in [0.15, 0.2) is 0 Å². The van der Waals surface area contributed by atoms with Gasteiger partial charge in [0.05, 0.1) is 12.2 Å². The van der Waals surface area contributed by atoms with Gasteiger partial charge in [0, 0.05) is 25.7 Å². The standard InChI is InChI=1S/C16H31NO2/c1-5-17-15(13(4)12(2)3)14-6-8-19-16(10-14)7-9-18-11-16/h12-15,17H,5-11H2,1-4H3. The highest BCUT2D eigenvalue weighted by atomic mass is 16.6. The monoisotopic (exact) mass is 269 g/mol. The van der Waals surface area contributed by atoms with Gasteiger partial charge in [0.2, 0.25) is 0 Å². The van der Waals surface area contributed by atoms with Gasteiger partial charge in [-0.2, -0.15) is 0 Å². The van der Waals surface area contributed by atoms with Crippen molar-refractivity contribution in [2.45, 2.75) is 58.6 Å². The molecule has 0 amide bonds. The molecule has 0 bridgehead atoms. The molecule has 19 heavy (non-hydrogen) atoms. The molecule has 0 aromatic rings. The number of nitrogens with one attached hydrogen (secondary N) is 1. The fourth-order valence-corrected chi connectivity index (χ4v) is 3.67. The maximum Gasteiger partial charge on any atom is 0.0939 e.